The van der Waals surface area contributed by atoms with E-state index in [2.05, 4.69) is 4.72 Å². The van der Waals surface area contributed by atoms with Gasteiger partial charge in [0.1, 0.15) is 5.82 Å². The van der Waals surface area contributed by atoms with Gasteiger partial charge in [0, 0.05) is 6.04 Å². The Morgan fingerprint density at radius 3 is 2.65 bits per heavy atom. The Balaban J connectivity index is 2.14. The number of carboxylic acids is 1. The Kier molecular flexibility index (Phi) is 4.10. The molecule has 2 rings (SSSR count). The molecule has 7 heteroatoms. The molecule has 0 radical (unpaired) electrons. The lowest BCUT2D eigenvalue weighted by Crippen LogP contribution is -2.33. The summed E-state index contributed by atoms with van der Waals surface area (Å²) in [5.41, 5.74) is 0.324. The molecule has 0 aliphatic heterocycles. The zero-order valence-corrected chi connectivity index (χ0v) is 11.8. The molecule has 0 saturated heterocycles. The van der Waals surface area contributed by atoms with Gasteiger partial charge in [-0.05, 0) is 49.9 Å². The van der Waals surface area contributed by atoms with Crippen LogP contribution in [0.4, 0.5) is 4.39 Å². The molecular formula is C13H16FNO4S. The number of sulfonamides is 1. The Hall–Kier alpha value is -1.47. The first kappa shape index (κ1) is 14.9. The summed E-state index contributed by atoms with van der Waals surface area (Å²) in [6.07, 6.45) is 1.25. The van der Waals surface area contributed by atoms with E-state index in [-0.39, 0.29) is 17.4 Å². The van der Waals surface area contributed by atoms with Crippen molar-refractivity contribution in [3.8, 4) is 0 Å². The number of aryl methyl sites for hydroxylation is 1. The topological polar surface area (TPSA) is 83.5 Å². The van der Waals surface area contributed by atoms with Gasteiger partial charge in [0.15, 0.2) is 0 Å². The molecule has 1 aliphatic rings. The summed E-state index contributed by atoms with van der Waals surface area (Å²) in [6, 6.07) is 3.08. The van der Waals surface area contributed by atoms with Crippen molar-refractivity contribution in [2.75, 3.05) is 0 Å². The quantitative estimate of drug-likeness (QED) is 0.886. The largest absolute Gasteiger partial charge is 0.481 e. The summed E-state index contributed by atoms with van der Waals surface area (Å²) in [5.74, 6) is -1.89. The SMILES string of the molecule is Cc1cc(F)ccc1S(=O)(=O)NC1CCC(C(=O)O)C1. The van der Waals surface area contributed by atoms with E-state index < -0.39 is 27.7 Å². The second-order valence-electron chi connectivity index (χ2n) is 5.08. The molecule has 0 amide bonds. The third-order valence-corrected chi connectivity index (χ3v) is 5.21. The normalized spacial score (nSPS) is 22.9. The van der Waals surface area contributed by atoms with Crippen LogP contribution in [0.5, 0.6) is 0 Å². The number of carbonyl (C=O) groups is 1. The van der Waals surface area contributed by atoms with Crippen LogP contribution in [-0.4, -0.2) is 25.5 Å². The van der Waals surface area contributed by atoms with Gasteiger partial charge in [0.05, 0.1) is 10.8 Å². The van der Waals surface area contributed by atoms with Crippen molar-refractivity contribution in [3.63, 3.8) is 0 Å². The Labute approximate surface area is 116 Å². The smallest absolute Gasteiger partial charge is 0.306 e. The van der Waals surface area contributed by atoms with Crippen LogP contribution < -0.4 is 4.72 Å². The molecule has 0 aromatic heterocycles. The molecule has 0 bridgehead atoms. The summed E-state index contributed by atoms with van der Waals surface area (Å²) in [4.78, 5) is 10.9. The summed E-state index contributed by atoms with van der Waals surface area (Å²) < 4.78 is 39.9. The first-order chi connectivity index (χ1) is 9.29. The summed E-state index contributed by atoms with van der Waals surface area (Å²) >= 11 is 0. The first-order valence-corrected chi connectivity index (χ1v) is 7.79. The van der Waals surface area contributed by atoms with Crippen molar-refractivity contribution in [2.24, 2.45) is 5.92 Å². The maximum Gasteiger partial charge on any atom is 0.306 e. The Morgan fingerprint density at radius 1 is 1.40 bits per heavy atom. The molecule has 1 fully saturated rings. The van der Waals surface area contributed by atoms with Gasteiger partial charge in [0.25, 0.3) is 0 Å². The number of hydrogen-bond donors (Lipinski definition) is 2. The maximum absolute atomic E-state index is 13.0. The summed E-state index contributed by atoms with van der Waals surface area (Å²) in [5, 5.41) is 8.90. The van der Waals surface area contributed by atoms with Crippen molar-refractivity contribution in [1.29, 1.82) is 0 Å². The summed E-state index contributed by atoms with van der Waals surface area (Å²) in [6.45, 7) is 1.52. The number of carboxylic acid groups (broad SMARTS) is 1. The molecule has 1 aliphatic carbocycles. The van der Waals surface area contributed by atoms with Crippen LogP contribution in [0.15, 0.2) is 23.1 Å². The molecule has 110 valence electrons. The van der Waals surface area contributed by atoms with Gasteiger partial charge in [-0.3, -0.25) is 4.79 Å². The van der Waals surface area contributed by atoms with Gasteiger partial charge in [-0.15, -0.1) is 0 Å². The number of hydrogen-bond acceptors (Lipinski definition) is 3. The monoisotopic (exact) mass is 301 g/mol. The molecule has 1 saturated carbocycles. The van der Waals surface area contributed by atoms with Crippen LogP contribution in [0.25, 0.3) is 0 Å². The molecule has 20 heavy (non-hydrogen) atoms. The fraction of sp³-hybridized carbons (Fsp3) is 0.462. The highest BCUT2D eigenvalue weighted by Crippen LogP contribution is 2.27. The van der Waals surface area contributed by atoms with Crippen LogP contribution in [0.2, 0.25) is 0 Å². The highest BCUT2D eigenvalue weighted by Gasteiger charge is 2.32. The maximum atomic E-state index is 13.0. The van der Waals surface area contributed by atoms with Gasteiger partial charge in [0.2, 0.25) is 10.0 Å². The lowest BCUT2D eigenvalue weighted by atomic mass is 10.1. The van der Waals surface area contributed by atoms with E-state index in [9.17, 15) is 17.6 Å². The molecule has 2 N–H and O–H groups in total. The van der Waals surface area contributed by atoms with E-state index in [1.807, 2.05) is 0 Å². The molecule has 0 spiro atoms. The highest BCUT2D eigenvalue weighted by molar-refractivity contribution is 7.89. The predicted molar refractivity (Wildman–Crippen MR) is 70.2 cm³/mol. The zero-order chi connectivity index (χ0) is 14.9. The Bertz CT molecular complexity index is 629. The zero-order valence-electron chi connectivity index (χ0n) is 11.0. The van der Waals surface area contributed by atoms with Gasteiger partial charge >= 0.3 is 5.97 Å². The van der Waals surface area contributed by atoms with E-state index in [1.165, 1.54) is 13.0 Å². The minimum atomic E-state index is -3.75. The fourth-order valence-corrected chi connectivity index (χ4v) is 4.02. The standard InChI is InChI=1S/C13H16FNO4S/c1-8-6-10(14)3-5-12(8)20(18,19)15-11-4-2-9(7-11)13(16)17/h3,5-6,9,11,15H,2,4,7H2,1H3,(H,16,17). The third kappa shape index (κ3) is 3.16. The van der Waals surface area contributed by atoms with E-state index >= 15 is 0 Å². The molecule has 5 nitrogen and oxygen atoms in total. The van der Waals surface area contributed by atoms with Crippen molar-refractivity contribution >= 4 is 16.0 Å². The minimum Gasteiger partial charge on any atom is -0.481 e. The van der Waals surface area contributed by atoms with Crippen molar-refractivity contribution < 1.29 is 22.7 Å². The molecule has 2 unspecified atom stereocenters. The van der Waals surface area contributed by atoms with Crippen LogP contribution in [0.1, 0.15) is 24.8 Å². The number of nitrogens with one attached hydrogen (secondary N) is 1. The lowest BCUT2D eigenvalue weighted by Gasteiger charge is -2.14. The van der Waals surface area contributed by atoms with Gasteiger partial charge in [-0.2, -0.15) is 0 Å². The number of rotatable bonds is 4. The Morgan fingerprint density at radius 2 is 2.10 bits per heavy atom. The van der Waals surface area contributed by atoms with Gasteiger partial charge in [-0.25, -0.2) is 17.5 Å². The highest BCUT2D eigenvalue weighted by atomic mass is 32.2. The van der Waals surface area contributed by atoms with Crippen molar-refractivity contribution in [1.82, 2.24) is 4.72 Å². The summed E-state index contributed by atoms with van der Waals surface area (Å²) in [7, 11) is -3.75. The van der Waals surface area contributed by atoms with E-state index in [0.717, 1.165) is 12.1 Å². The number of benzene rings is 1. The molecule has 1 aromatic rings. The van der Waals surface area contributed by atoms with Gasteiger partial charge in [-0.1, -0.05) is 0 Å². The number of halogens is 1. The average molecular weight is 301 g/mol. The molecule has 0 heterocycles. The molecule has 2 atom stereocenters. The van der Waals surface area contributed by atoms with Crippen LogP contribution >= 0.6 is 0 Å². The third-order valence-electron chi connectivity index (χ3n) is 3.53. The average Bonchev–Trinajstić information content (AvgIpc) is 2.76. The van der Waals surface area contributed by atoms with E-state index in [0.29, 0.717) is 18.4 Å². The van der Waals surface area contributed by atoms with Crippen LogP contribution in [0.3, 0.4) is 0 Å². The first-order valence-electron chi connectivity index (χ1n) is 6.31. The molecular weight excluding hydrogens is 285 g/mol. The van der Waals surface area contributed by atoms with Crippen LogP contribution in [0, 0.1) is 18.7 Å². The van der Waals surface area contributed by atoms with E-state index in [1.54, 1.807) is 0 Å². The van der Waals surface area contributed by atoms with Gasteiger partial charge < -0.3 is 5.11 Å². The van der Waals surface area contributed by atoms with Crippen LogP contribution in [-0.2, 0) is 14.8 Å². The lowest BCUT2D eigenvalue weighted by molar-refractivity contribution is -0.141. The van der Waals surface area contributed by atoms with Crippen molar-refractivity contribution in [3.05, 3.63) is 29.6 Å². The second-order valence-corrected chi connectivity index (χ2v) is 6.76. The van der Waals surface area contributed by atoms with Crippen molar-refractivity contribution in [2.45, 2.75) is 37.1 Å². The molecule has 1 aromatic carbocycles. The van der Waals surface area contributed by atoms with E-state index in [4.69, 9.17) is 5.11 Å². The second kappa shape index (κ2) is 5.49. The minimum absolute atomic E-state index is 0.0256. The predicted octanol–water partition coefficient (Wildman–Crippen LogP) is 1.67. The number of aliphatic carboxylic acids is 1. The fourth-order valence-electron chi connectivity index (χ4n) is 2.51.